The Balaban J connectivity index is 1.81. The number of carbonyl (C=O) groups excluding carboxylic acids is 3. The van der Waals surface area contributed by atoms with Crippen molar-refractivity contribution in [1.29, 1.82) is 0 Å². The number of aromatic nitrogens is 1. The maximum absolute atomic E-state index is 13.1. The number of halogens is 1. The number of hydrogen-bond acceptors (Lipinski definition) is 7. The summed E-state index contributed by atoms with van der Waals surface area (Å²) in [5, 5.41) is 5.48. The van der Waals surface area contributed by atoms with Crippen molar-refractivity contribution in [2.45, 2.75) is 45.1 Å². The smallest absolute Gasteiger partial charge is 0.310 e. The van der Waals surface area contributed by atoms with Crippen molar-refractivity contribution in [2.75, 3.05) is 17.7 Å². The lowest BCUT2D eigenvalue weighted by atomic mass is 10.0. The molecule has 1 aliphatic heterocycles. The number of carbonyl (C=O) groups is 3. The van der Waals surface area contributed by atoms with Crippen molar-refractivity contribution in [2.24, 2.45) is 0 Å². The van der Waals surface area contributed by atoms with Crippen molar-refractivity contribution in [3.05, 3.63) is 57.5 Å². The molecule has 2 atom stereocenters. The van der Waals surface area contributed by atoms with E-state index in [0.717, 1.165) is 0 Å². The number of nitrogens with one attached hydrogen (secondary N) is 2. The number of nitrogens with two attached hydrogens (primary N) is 1. The van der Waals surface area contributed by atoms with Gasteiger partial charge in [0.1, 0.15) is 17.3 Å². The van der Waals surface area contributed by atoms with E-state index in [1.165, 1.54) is 41.1 Å². The van der Waals surface area contributed by atoms with Gasteiger partial charge in [-0.2, -0.15) is 0 Å². The van der Waals surface area contributed by atoms with Gasteiger partial charge in [0.2, 0.25) is 12.2 Å². The second kappa shape index (κ2) is 9.63. The molecule has 10 nitrogen and oxygen atoms in total. The zero-order valence-corrected chi connectivity index (χ0v) is 19.1. The predicted molar refractivity (Wildman–Crippen MR) is 122 cm³/mol. The molecule has 0 saturated carbocycles. The van der Waals surface area contributed by atoms with Crippen molar-refractivity contribution >= 4 is 40.8 Å². The quantitative estimate of drug-likeness (QED) is 0.409. The van der Waals surface area contributed by atoms with Crippen molar-refractivity contribution in [3.63, 3.8) is 0 Å². The van der Waals surface area contributed by atoms with E-state index >= 15 is 0 Å². The van der Waals surface area contributed by atoms with Crippen LogP contribution >= 0.6 is 11.6 Å². The first-order valence-corrected chi connectivity index (χ1v) is 10.6. The summed E-state index contributed by atoms with van der Waals surface area (Å²) in [5.41, 5.74) is 4.23. The molecule has 1 aromatic heterocycles. The van der Waals surface area contributed by atoms with Gasteiger partial charge in [-0.1, -0.05) is 11.6 Å². The van der Waals surface area contributed by atoms with Crippen LogP contribution in [-0.4, -0.2) is 41.3 Å². The van der Waals surface area contributed by atoms with Crippen LogP contribution in [0, 0.1) is 0 Å². The highest BCUT2D eigenvalue weighted by atomic mass is 35.5. The van der Waals surface area contributed by atoms with Gasteiger partial charge in [-0.05, 0) is 51.1 Å². The number of amides is 2. The highest BCUT2D eigenvalue weighted by molar-refractivity contribution is 6.33. The average Bonchev–Trinajstić information content (AvgIpc) is 3.10. The molecular formula is C22H25ClN4O6. The molecule has 1 aliphatic rings. The molecule has 2 amide bonds. The monoisotopic (exact) mass is 476 g/mol. The number of rotatable bonds is 7. The number of nitrogen functional groups attached to an aromatic ring is 1. The Morgan fingerprint density at radius 1 is 1.30 bits per heavy atom. The zero-order chi connectivity index (χ0) is 24.3. The van der Waals surface area contributed by atoms with Gasteiger partial charge < -0.3 is 25.8 Å². The molecule has 0 spiro atoms. The number of cyclic esters (lactones) is 1. The molecule has 0 aliphatic carbocycles. The Bertz CT molecular complexity index is 1150. The minimum Gasteiger partial charge on any atom is -0.433 e. The summed E-state index contributed by atoms with van der Waals surface area (Å²) >= 11 is 5.97. The fourth-order valence-electron chi connectivity index (χ4n) is 3.32. The van der Waals surface area contributed by atoms with Gasteiger partial charge in [-0.15, -0.1) is 0 Å². The van der Waals surface area contributed by atoms with Crippen LogP contribution in [0.1, 0.15) is 37.6 Å². The molecule has 2 aromatic rings. The molecule has 3 rings (SSSR count). The fraction of sp³-hybridized carbons (Fsp3) is 0.364. The average molecular weight is 477 g/mol. The van der Waals surface area contributed by atoms with Gasteiger partial charge in [-0.25, -0.2) is 0 Å². The maximum Gasteiger partial charge on any atom is 0.310 e. The predicted octanol–water partition coefficient (Wildman–Crippen LogP) is 1.87. The molecule has 0 unspecified atom stereocenters. The number of benzene rings is 1. The molecule has 33 heavy (non-hydrogen) atoms. The third kappa shape index (κ3) is 5.18. The van der Waals surface area contributed by atoms with E-state index in [1.54, 1.807) is 20.8 Å². The number of esters is 1. The summed E-state index contributed by atoms with van der Waals surface area (Å²) in [6.07, 6.45) is 0.506. The number of ether oxygens (including phenoxy) is 2. The minimum absolute atomic E-state index is 0.0251. The van der Waals surface area contributed by atoms with E-state index < -0.39 is 41.2 Å². The van der Waals surface area contributed by atoms with Crippen LogP contribution in [0.2, 0.25) is 5.02 Å². The molecule has 1 saturated heterocycles. The number of anilines is 2. The second-order valence-corrected chi connectivity index (χ2v) is 8.35. The molecule has 176 valence electrons. The molecular weight excluding hydrogens is 452 g/mol. The standard InChI is InChI=1S/C22H25ClN4O6/c1-4-32-20-16(11-17(28)33-20)26-21(31)22(2,3)27-9-5-6-15(19(27)30)25-18(29)12-7-8-14(24)13(23)10-12/h5-10,16,20H,4,11,24H2,1-3H3,(H,25,29)(H,26,31)/t16-,20-/m0/s1. The van der Waals surface area contributed by atoms with Crippen LogP contribution in [0.5, 0.6) is 0 Å². The summed E-state index contributed by atoms with van der Waals surface area (Å²) in [4.78, 5) is 50.3. The summed E-state index contributed by atoms with van der Waals surface area (Å²) in [6, 6.07) is 6.64. The highest BCUT2D eigenvalue weighted by Gasteiger charge is 2.40. The Kier molecular flexibility index (Phi) is 7.09. The van der Waals surface area contributed by atoms with E-state index in [0.29, 0.717) is 12.3 Å². The van der Waals surface area contributed by atoms with E-state index in [1.807, 2.05) is 0 Å². The van der Waals surface area contributed by atoms with Crippen molar-refractivity contribution in [3.8, 4) is 0 Å². The van der Waals surface area contributed by atoms with E-state index in [2.05, 4.69) is 10.6 Å². The van der Waals surface area contributed by atoms with Gasteiger partial charge in [-0.3, -0.25) is 23.7 Å². The van der Waals surface area contributed by atoms with E-state index in [9.17, 15) is 19.2 Å². The van der Waals surface area contributed by atoms with Crippen LogP contribution in [0.3, 0.4) is 0 Å². The van der Waals surface area contributed by atoms with Crippen LogP contribution in [0.25, 0.3) is 0 Å². The van der Waals surface area contributed by atoms with Crippen molar-refractivity contribution < 1.29 is 23.9 Å². The number of hydrogen-bond donors (Lipinski definition) is 3. The first-order chi connectivity index (χ1) is 15.5. The molecule has 0 radical (unpaired) electrons. The SMILES string of the molecule is CCO[C@H]1OC(=O)C[C@@H]1NC(=O)C(C)(C)n1cccc(NC(=O)c2ccc(N)c(Cl)c2)c1=O. The molecule has 4 N–H and O–H groups in total. The lowest BCUT2D eigenvalue weighted by molar-refractivity contribution is -0.164. The fourth-order valence-corrected chi connectivity index (χ4v) is 3.50. The Morgan fingerprint density at radius 2 is 2.03 bits per heavy atom. The minimum atomic E-state index is -1.36. The van der Waals surface area contributed by atoms with Crippen LogP contribution < -0.4 is 21.9 Å². The van der Waals surface area contributed by atoms with Gasteiger partial charge in [0.15, 0.2) is 0 Å². The van der Waals surface area contributed by atoms with Crippen LogP contribution in [0.15, 0.2) is 41.3 Å². The Morgan fingerprint density at radius 3 is 2.70 bits per heavy atom. The largest absolute Gasteiger partial charge is 0.433 e. The molecule has 2 heterocycles. The van der Waals surface area contributed by atoms with E-state index in [4.69, 9.17) is 26.8 Å². The zero-order valence-electron chi connectivity index (χ0n) is 18.4. The maximum atomic E-state index is 13.1. The first-order valence-electron chi connectivity index (χ1n) is 10.2. The summed E-state index contributed by atoms with van der Waals surface area (Å²) in [6.45, 7) is 5.13. The summed E-state index contributed by atoms with van der Waals surface area (Å²) in [7, 11) is 0. The normalized spacial score (nSPS) is 18.0. The molecule has 0 bridgehead atoms. The summed E-state index contributed by atoms with van der Waals surface area (Å²) in [5.74, 6) is -1.57. The van der Waals surface area contributed by atoms with Gasteiger partial charge in [0.05, 0.1) is 17.1 Å². The summed E-state index contributed by atoms with van der Waals surface area (Å²) < 4.78 is 11.6. The van der Waals surface area contributed by atoms with Gasteiger partial charge in [0, 0.05) is 18.4 Å². The van der Waals surface area contributed by atoms with Gasteiger partial charge >= 0.3 is 5.97 Å². The van der Waals surface area contributed by atoms with Crippen LogP contribution in [-0.2, 0) is 24.6 Å². The lowest BCUT2D eigenvalue weighted by Crippen LogP contribution is -2.53. The third-order valence-corrected chi connectivity index (χ3v) is 5.55. The first kappa shape index (κ1) is 24.3. The topological polar surface area (TPSA) is 142 Å². The van der Waals surface area contributed by atoms with E-state index in [-0.39, 0.29) is 22.7 Å². The van der Waals surface area contributed by atoms with Crippen LogP contribution in [0.4, 0.5) is 11.4 Å². The Labute approximate surface area is 195 Å². The molecule has 1 fully saturated rings. The third-order valence-electron chi connectivity index (χ3n) is 5.23. The molecule has 11 heteroatoms. The van der Waals surface area contributed by atoms with Crippen molar-refractivity contribution in [1.82, 2.24) is 9.88 Å². The lowest BCUT2D eigenvalue weighted by Gasteiger charge is -2.29. The Hall–Kier alpha value is -3.37. The highest BCUT2D eigenvalue weighted by Crippen LogP contribution is 2.22. The molecule has 1 aromatic carbocycles. The number of nitrogens with zero attached hydrogens (tertiary/aromatic N) is 1. The second-order valence-electron chi connectivity index (χ2n) is 7.94. The number of pyridine rings is 1. The van der Waals surface area contributed by atoms with Gasteiger partial charge in [0.25, 0.3) is 11.5 Å².